The summed E-state index contributed by atoms with van der Waals surface area (Å²) in [6, 6.07) is 17.1. The molecule has 2 aromatic rings. The quantitative estimate of drug-likeness (QED) is 0.443. The summed E-state index contributed by atoms with van der Waals surface area (Å²) in [6.07, 6.45) is 4.15. The van der Waals surface area contributed by atoms with Crippen molar-refractivity contribution in [3.05, 3.63) is 66.0 Å². The summed E-state index contributed by atoms with van der Waals surface area (Å²) in [6.45, 7) is 0.691. The van der Waals surface area contributed by atoms with Gasteiger partial charge in [0.15, 0.2) is 5.96 Å². The Bertz CT molecular complexity index is 615. The van der Waals surface area contributed by atoms with Crippen molar-refractivity contribution in [2.75, 3.05) is 7.05 Å². The summed E-state index contributed by atoms with van der Waals surface area (Å²) in [5.74, 6) is 1.56. The van der Waals surface area contributed by atoms with Crippen LogP contribution < -0.4 is 10.6 Å². The van der Waals surface area contributed by atoms with Crippen LogP contribution in [-0.2, 0) is 13.0 Å². The van der Waals surface area contributed by atoms with Crippen LogP contribution in [0.2, 0.25) is 0 Å². The zero-order valence-electron chi connectivity index (χ0n) is 13.3. The van der Waals surface area contributed by atoms with Crippen molar-refractivity contribution in [1.29, 1.82) is 0 Å². The number of guanidine groups is 1. The molecule has 1 aromatic carbocycles. The van der Waals surface area contributed by atoms with Crippen molar-refractivity contribution in [3.63, 3.8) is 0 Å². The molecule has 0 amide bonds. The predicted molar refractivity (Wildman–Crippen MR) is 105 cm³/mol. The van der Waals surface area contributed by atoms with Gasteiger partial charge in [-0.15, -0.1) is 24.0 Å². The Morgan fingerprint density at radius 3 is 2.65 bits per heavy atom. The third-order valence-electron chi connectivity index (χ3n) is 3.97. The highest BCUT2D eigenvalue weighted by Crippen LogP contribution is 2.33. The molecule has 2 N–H and O–H groups in total. The average Bonchev–Trinajstić information content (AvgIpc) is 3.30. The Labute approximate surface area is 154 Å². The minimum atomic E-state index is 0. The SMILES string of the molecule is CN=C(NCc1ccccn1)NC1CC1Cc1ccccc1.I. The highest BCUT2D eigenvalue weighted by molar-refractivity contribution is 14.0. The van der Waals surface area contributed by atoms with Gasteiger partial charge in [-0.05, 0) is 36.5 Å². The van der Waals surface area contributed by atoms with Gasteiger partial charge in [0.05, 0.1) is 12.2 Å². The summed E-state index contributed by atoms with van der Waals surface area (Å²) in [4.78, 5) is 8.60. The number of pyridine rings is 1. The molecule has 1 heterocycles. The minimum Gasteiger partial charge on any atom is -0.353 e. The lowest BCUT2D eigenvalue weighted by atomic mass is 10.1. The summed E-state index contributed by atoms with van der Waals surface area (Å²) in [5.41, 5.74) is 2.43. The lowest BCUT2D eigenvalue weighted by Gasteiger charge is -2.11. The van der Waals surface area contributed by atoms with Crippen molar-refractivity contribution in [2.45, 2.75) is 25.4 Å². The first-order valence-electron chi connectivity index (χ1n) is 7.76. The molecule has 122 valence electrons. The smallest absolute Gasteiger partial charge is 0.191 e. The van der Waals surface area contributed by atoms with Crippen molar-refractivity contribution in [2.24, 2.45) is 10.9 Å². The number of benzene rings is 1. The number of rotatable bonds is 5. The predicted octanol–water partition coefficient (Wildman–Crippen LogP) is 3.00. The first-order chi connectivity index (χ1) is 10.8. The number of nitrogens with zero attached hydrogens (tertiary/aromatic N) is 2. The lowest BCUT2D eigenvalue weighted by molar-refractivity contribution is 0.718. The van der Waals surface area contributed by atoms with Gasteiger partial charge in [-0.1, -0.05) is 36.4 Å². The Hall–Kier alpha value is -1.63. The average molecular weight is 422 g/mol. The van der Waals surface area contributed by atoms with Gasteiger partial charge in [-0.3, -0.25) is 9.98 Å². The molecule has 0 saturated heterocycles. The molecule has 4 nitrogen and oxygen atoms in total. The Balaban J connectivity index is 0.00000192. The molecule has 1 aliphatic rings. The van der Waals surface area contributed by atoms with Crippen molar-refractivity contribution in [3.8, 4) is 0 Å². The maximum absolute atomic E-state index is 4.31. The molecule has 3 rings (SSSR count). The second-order valence-electron chi connectivity index (χ2n) is 5.68. The zero-order chi connectivity index (χ0) is 15.2. The molecule has 0 radical (unpaired) electrons. The van der Waals surface area contributed by atoms with E-state index >= 15 is 0 Å². The van der Waals surface area contributed by atoms with Gasteiger partial charge in [-0.25, -0.2) is 0 Å². The van der Waals surface area contributed by atoms with Crippen LogP contribution >= 0.6 is 24.0 Å². The fourth-order valence-corrected chi connectivity index (χ4v) is 2.61. The van der Waals surface area contributed by atoms with E-state index in [1.165, 1.54) is 12.0 Å². The van der Waals surface area contributed by atoms with Gasteiger partial charge in [-0.2, -0.15) is 0 Å². The second kappa shape index (κ2) is 8.86. The molecule has 0 bridgehead atoms. The van der Waals surface area contributed by atoms with Gasteiger partial charge in [0.2, 0.25) is 0 Å². The number of hydrogen-bond donors (Lipinski definition) is 2. The van der Waals surface area contributed by atoms with Crippen LogP contribution in [0, 0.1) is 5.92 Å². The fraction of sp³-hybridized carbons (Fsp3) is 0.333. The van der Waals surface area contributed by atoms with E-state index < -0.39 is 0 Å². The van der Waals surface area contributed by atoms with E-state index in [0.717, 1.165) is 18.1 Å². The van der Waals surface area contributed by atoms with E-state index in [9.17, 15) is 0 Å². The number of nitrogens with one attached hydrogen (secondary N) is 2. The third kappa shape index (κ3) is 5.49. The molecule has 1 aromatic heterocycles. The maximum Gasteiger partial charge on any atom is 0.191 e. The van der Waals surface area contributed by atoms with Crippen LogP contribution in [0.4, 0.5) is 0 Å². The summed E-state index contributed by atoms with van der Waals surface area (Å²) in [7, 11) is 1.81. The molecule has 23 heavy (non-hydrogen) atoms. The molecule has 1 aliphatic carbocycles. The van der Waals surface area contributed by atoms with E-state index in [0.29, 0.717) is 18.5 Å². The summed E-state index contributed by atoms with van der Waals surface area (Å²) in [5, 5.41) is 6.81. The van der Waals surface area contributed by atoms with Gasteiger partial charge in [0.25, 0.3) is 0 Å². The molecule has 1 fully saturated rings. The summed E-state index contributed by atoms with van der Waals surface area (Å²) < 4.78 is 0. The van der Waals surface area contributed by atoms with Gasteiger partial charge in [0.1, 0.15) is 0 Å². The van der Waals surface area contributed by atoms with Crippen LogP contribution in [0.3, 0.4) is 0 Å². The molecule has 2 atom stereocenters. The topological polar surface area (TPSA) is 49.3 Å². The largest absolute Gasteiger partial charge is 0.353 e. The highest BCUT2D eigenvalue weighted by atomic mass is 127. The third-order valence-corrected chi connectivity index (χ3v) is 3.97. The maximum atomic E-state index is 4.31. The Kier molecular flexibility index (Phi) is 6.83. The van der Waals surface area contributed by atoms with Crippen LogP contribution in [0.1, 0.15) is 17.7 Å². The molecular weight excluding hydrogens is 399 g/mol. The van der Waals surface area contributed by atoms with Crippen molar-refractivity contribution < 1.29 is 0 Å². The van der Waals surface area contributed by atoms with E-state index in [1.807, 2.05) is 31.4 Å². The number of hydrogen-bond acceptors (Lipinski definition) is 2. The normalized spacial score (nSPS) is 19.6. The van der Waals surface area contributed by atoms with E-state index in [4.69, 9.17) is 0 Å². The number of halogens is 1. The van der Waals surface area contributed by atoms with Crippen LogP contribution in [0.15, 0.2) is 59.7 Å². The van der Waals surface area contributed by atoms with Gasteiger partial charge < -0.3 is 10.6 Å². The molecule has 0 spiro atoms. The second-order valence-corrected chi connectivity index (χ2v) is 5.68. The fourth-order valence-electron chi connectivity index (χ4n) is 2.61. The van der Waals surface area contributed by atoms with E-state index in [2.05, 4.69) is 50.9 Å². The molecule has 1 saturated carbocycles. The number of aromatic nitrogens is 1. The zero-order valence-corrected chi connectivity index (χ0v) is 15.6. The van der Waals surface area contributed by atoms with Crippen LogP contribution in [-0.4, -0.2) is 24.0 Å². The van der Waals surface area contributed by atoms with Crippen molar-refractivity contribution >= 4 is 29.9 Å². The lowest BCUT2D eigenvalue weighted by Crippen LogP contribution is -2.39. The Morgan fingerprint density at radius 1 is 1.17 bits per heavy atom. The van der Waals surface area contributed by atoms with Crippen LogP contribution in [0.5, 0.6) is 0 Å². The molecule has 0 aliphatic heterocycles. The molecule has 2 unspecified atom stereocenters. The standard InChI is InChI=1S/C18H22N4.HI/c1-19-18(21-13-16-9-5-6-10-20-16)22-17-12-15(17)11-14-7-3-2-4-8-14;/h2-10,15,17H,11-13H2,1H3,(H2,19,21,22);1H. The molecular formula is C18H23IN4. The highest BCUT2D eigenvalue weighted by Gasteiger charge is 2.37. The van der Waals surface area contributed by atoms with E-state index in [1.54, 1.807) is 0 Å². The van der Waals surface area contributed by atoms with Gasteiger partial charge >= 0.3 is 0 Å². The monoisotopic (exact) mass is 422 g/mol. The number of aliphatic imine (C=N–C) groups is 1. The summed E-state index contributed by atoms with van der Waals surface area (Å²) >= 11 is 0. The first-order valence-corrected chi connectivity index (χ1v) is 7.76. The molecule has 5 heteroatoms. The Morgan fingerprint density at radius 2 is 1.96 bits per heavy atom. The van der Waals surface area contributed by atoms with Gasteiger partial charge in [0, 0.05) is 19.3 Å². The first kappa shape index (κ1) is 17.7. The van der Waals surface area contributed by atoms with Crippen molar-refractivity contribution in [1.82, 2.24) is 15.6 Å². The van der Waals surface area contributed by atoms with E-state index in [-0.39, 0.29) is 24.0 Å². The minimum absolute atomic E-state index is 0. The van der Waals surface area contributed by atoms with Crippen LogP contribution in [0.25, 0.3) is 0 Å².